The standard InChI is InChI=1S/C14H21N3O3/c1-2-19-14(15-7-10-17-8-3-4-9-17)16-13(18)12-6-5-11-20-12/h5-6,11H,2-4,7-10H2,1H3,(H,15,16,18). The normalized spacial score (nSPS) is 16.4. The molecular formula is C14H21N3O3. The Labute approximate surface area is 118 Å². The van der Waals surface area contributed by atoms with E-state index in [4.69, 9.17) is 9.15 Å². The number of hydrogen-bond acceptors (Lipinski definition) is 5. The number of amidine groups is 1. The summed E-state index contributed by atoms with van der Waals surface area (Å²) in [5.74, 6) is -0.0969. The summed E-state index contributed by atoms with van der Waals surface area (Å²) in [7, 11) is 0. The first-order valence-electron chi connectivity index (χ1n) is 7.04. The van der Waals surface area contributed by atoms with Crippen LogP contribution in [0.5, 0.6) is 0 Å². The minimum Gasteiger partial charge on any atom is -0.465 e. The fourth-order valence-electron chi connectivity index (χ4n) is 2.12. The number of carbonyl (C=O) groups excluding carboxylic acids is 1. The molecule has 1 fully saturated rings. The van der Waals surface area contributed by atoms with E-state index in [1.807, 2.05) is 6.92 Å². The number of aliphatic imine (C=N–C) groups is 1. The molecule has 1 aliphatic heterocycles. The summed E-state index contributed by atoms with van der Waals surface area (Å²) in [5.41, 5.74) is 0. The summed E-state index contributed by atoms with van der Waals surface area (Å²) < 4.78 is 10.4. The summed E-state index contributed by atoms with van der Waals surface area (Å²) in [4.78, 5) is 18.5. The van der Waals surface area contributed by atoms with Gasteiger partial charge in [0.25, 0.3) is 11.9 Å². The topological polar surface area (TPSA) is 67.1 Å². The third-order valence-corrected chi connectivity index (χ3v) is 3.12. The second kappa shape index (κ2) is 7.69. The minimum atomic E-state index is -0.344. The number of furan rings is 1. The van der Waals surface area contributed by atoms with Crippen molar-refractivity contribution >= 4 is 11.9 Å². The molecular weight excluding hydrogens is 258 g/mol. The molecule has 0 atom stereocenters. The van der Waals surface area contributed by atoms with E-state index in [0.717, 1.165) is 19.6 Å². The Morgan fingerprint density at radius 1 is 1.50 bits per heavy atom. The van der Waals surface area contributed by atoms with Crippen LogP contribution in [-0.4, -0.2) is 49.6 Å². The number of ether oxygens (including phenoxy) is 1. The molecule has 110 valence electrons. The Bertz CT molecular complexity index is 437. The van der Waals surface area contributed by atoms with Gasteiger partial charge in [-0.05, 0) is 45.0 Å². The van der Waals surface area contributed by atoms with Gasteiger partial charge in [-0.1, -0.05) is 0 Å². The molecule has 0 aromatic carbocycles. The minimum absolute atomic E-state index is 0.247. The van der Waals surface area contributed by atoms with Crippen molar-refractivity contribution in [3.05, 3.63) is 24.2 Å². The lowest BCUT2D eigenvalue weighted by Gasteiger charge is -2.13. The van der Waals surface area contributed by atoms with Gasteiger partial charge in [0.2, 0.25) is 0 Å². The Morgan fingerprint density at radius 2 is 2.30 bits per heavy atom. The van der Waals surface area contributed by atoms with Crippen LogP contribution in [-0.2, 0) is 4.74 Å². The smallest absolute Gasteiger partial charge is 0.294 e. The van der Waals surface area contributed by atoms with Crippen LogP contribution in [0.2, 0.25) is 0 Å². The highest BCUT2D eigenvalue weighted by atomic mass is 16.5. The van der Waals surface area contributed by atoms with Crippen LogP contribution >= 0.6 is 0 Å². The molecule has 0 unspecified atom stereocenters. The van der Waals surface area contributed by atoms with Crippen LogP contribution in [0.4, 0.5) is 0 Å². The highest BCUT2D eigenvalue weighted by Crippen LogP contribution is 2.06. The van der Waals surface area contributed by atoms with E-state index in [-0.39, 0.29) is 17.7 Å². The second-order valence-electron chi connectivity index (χ2n) is 4.60. The molecule has 1 amide bonds. The molecule has 0 spiro atoms. The molecule has 0 aliphatic carbocycles. The summed E-state index contributed by atoms with van der Waals surface area (Å²) in [6.45, 7) is 6.10. The van der Waals surface area contributed by atoms with Crippen molar-refractivity contribution in [1.29, 1.82) is 0 Å². The lowest BCUT2D eigenvalue weighted by atomic mass is 10.4. The summed E-state index contributed by atoms with van der Waals surface area (Å²) in [6, 6.07) is 3.52. The van der Waals surface area contributed by atoms with E-state index >= 15 is 0 Å². The van der Waals surface area contributed by atoms with Crippen molar-refractivity contribution in [3.8, 4) is 0 Å². The molecule has 1 aliphatic rings. The van der Waals surface area contributed by atoms with Gasteiger partial charge in [-0.3, -0.25) is 10.1 Å². The van der Waals surface area contributed by atoms with Crippen molar-refractivity contribution in [2.45, 2.75) is 19.8 Å². The zero-order valence-electron chi connectivity index (χ0n) is 11.8. The van der Waals surface area contributed by atoms with Gasteiger partial charge >= 0.3 is 0 Å². The van der Waals surface area contributed by atoms with Crippen molar-refractivity contribution in [3.63, 3.8) is 0 Å². The van der Waals surface area contributed by atoms with E-state index in [2.05, 4.69) is 15.2 Å². The Hall–Kier alpha value is -1.82. The zero-order valence-corrected chi connectivity index (χ0v) is 11.8. The molecule has 1 N–H and O–H groups in total. The van der Waals surface area contributed by atoms with Crippen LogP contribution in [0.15, 0.2) is 27.8 Å². The number of rotatable bonds is 5. The van der Waals surface area contributed by atoms with E-state index in [1.54, 1.807) is 12.1 Å². The maximum absolute atomic E-state index is 11.8. The van der Waals surface area contributed by atoms with Crippen LogP contribution in [0.3, 0.4) is 0 Å². The molecule has 0 radical (unpaired) electrons. The number of nitrogens with zero attached hydrogens (tertiary/aromatic N) is 2. The maximum atomic E-state index is 11.8. The van der Waals surface area contributed by atoms with Crippen molar-refractivity contribution < 1.29 is 13.9 Å². The molecule has 1 aromatic rings. The average Bonchev–Trinajstić information content (AvgIpc) is 3.12. The Balaban J connectivity index is 1.83. The second-order valence-corrected chi connectivity index (χ2v) is 4.60. The van der Waals surface area contributed by atoms with Gasteiger partial charge in [0, 0.05) is 6.54 Å². The SMILES string of the molecule is CCOC(=NCCN1CCCC1)NC(=O)c1ccco1. The van der Waals surface area contributed by atoms with Gasteiger partial charge in [0.05, 0.1) is 19.4 Å². The zero-order chi connectivity index (χ0) is 14.2. The number of hydrogen-bond donors (Lipinski definition) is 1. The van der Waals surface area contributed by atoms with E-state index in [9.17, 15) is 4.79 Å². The highest BCUT2D eigenvalue weighted by molar-refractivity contribution is 6.02. The predicted molar refractivity (Wildman–Crippen MR) is 75.8 cm³/mol. The van der Waals surface area contributed by atoms with Gasteiger partial charge in [0.1, 0.15) is 0 Å². The fraction of sp³-hybridized carbons (Fsp3) is 0.571. The van der Waals surface area contributed by atoms with Gasteiger partial charge in [-0.2, -0.15) is 0 Å². The average molecular weight is 279 g/mol. The maximum Gasteiger partial charge on any atom is 0.294 e. The van der Waals surface area contributed by atoms with Crippen molar-refractivity contribution in [2.75, 3.05) is 32.8 Å². The quantitative estimate of drug-likeness (QED) is 0.655. The molecule has 1 aromatic heterocycles. The summed E-state index contributed by atoms with van der Waals surface area (Å²) in [5, 5.41) is 2.62. The molecule has 1 saturated heterocycles. The molecule has 2 heterocycles. The van der Waals surface area contributed by atoms with E-state index in [1.165, 1.54) is 19.1 Å². The fourth-order valence-corrected chi connectivity index (χ4v) is 2.12. The van der Waals surface area contributed by atoms with Gasteiger partial charge in [0.15, 0.2) is 5.76 Å². The summed E-state index contributed by atoms with van der Waals surface area (Å²) in [6.07, 6.45) is 3.98. The number of carbonyl (C=O) groups is 1. The number of nitrogens with one attached hydrogen (secondary N) is 1. The predicted octanol–water partition coefficient (Wildman–Crippen LogP) is 1.50. The third-order valence-electron chi connectivity index (χ3n) is 3.12. The molecule has 2 rings (SSSR count). The van der Waals surface area contributed by atoms with Crippen molar-refractivity contribution in [2.24, 2.45) is 4.99 Å². The van der Waals surface area contributed by atoms with Crippen LogP contribution in [0.25, 0.3) is 0 Å². The molecule has 0 bridgehead atoms. The lowest BCUT2D eigenvalue weighted by Crippen LogP contribution is -2.33. The summed E-state index contributed by atoms with van der Waals surface area (Å²) >= 11 is 0. The Kier molecular flexibility index (Phi) is 5.61. The number of likely N-dealkylation sites (tertiary alicyclic amines) is 1. The molecule has 0 saturated carbocycles. The molecule has 6 heteroatoms. The van der Waals surface area contributed by atoms with E-state index in [0.29, 0.717) is 13.2 Å². The lowest BCUT2D eigenvalue weighted by molar-refractivity contribution is 0.0939. The van der Waals surface area contributed by atoms with Gasteiger partial charge in [-0.15, -0.1) is 0 Å². The largest absolute Gasteiger partial charge is 0.465 e. The first kappa shape index (κ1) is 14.6. The highest BCUT2D eigenvalue weighted by Gasteiger charge is 2.13. The Morgan fingerprint density at radius 3 is 2.95 bits per heavy atom. The van der Waals surface area contributed by atoms with Crippen molar-refractivity contribution in [1.82, 2.24) is 10.2 Å². The third kappa shape index (κ3) is 4.38. The molecule has 6 nitrogen and oxygen atoms in total. The van der Waals surface area contributed by atoms with Gasteiger partial charge < -0.3 is 14.1 Å². The van der Waals surface area contributed by atoms with Crippen LogP contribution in [0.1, 0.15) is 30.3 Å². The van der Waals surface area contributed by atoms with Crippen LogP contribution < -0.4 is 5.32 Å². The van der Waals surface area contributed by atoms with Gasteiger partial charge in [-0.25, -0.2) is 4.99 Å². The first-order valence-corrected chi connectivity index (χ1v) is 7.04. The van der Waals surface area contributed by atoms with Crippen LogP contribution in [0, 0.1) is 0 Å². The van der Waals surface area contributed by atoms with E-state index < -0.39 is 0 Å². The monoisotopic (exact) mass is 279 g/mol. The first-order chi connectivity index (χ1) is 9.79. The molecule has 20 heavy (non-hydrogen) atoms. The number of amides is 1.